The minimum absolute atomic E-state index is 0.0631. The van der Waals surface area contributed by atoms with Gasteiger partial charge in [-0.3, -0.25) is 4.98 Å². The zero-order valence-corrected chi connectivity index (χ0v) is 9.80. The number of nitriles is 1. The molecule has 1 aromatic heterocycles. The third-order valence-corrected chi connectivity index (χ3v) is 2.66. The van der Waals surface area contributed by atoms with Crippen LogP contribution in [0.1, 0.15) is 11.1 Å². The van der Waals surface area contributed by atoms with Crippen molar-refractivity contribution in [2.24, 2.45) is 5.73 Å². The molecule has 0 unspecified atom stereocenters. The van der Waals surface area contributed by atoms with Crippen molar-refractivity contribution in [2.75, 3.05) is 6.54 Å². The van der Waals surface area contributed by atoms with Gasteiger partial charge in [0.05, 0.1) is 17.3 Å². The molecule has 0 bridgehead atoms. The van der Waals surface area contributed by atoms with Gasteiger partial charge in [0.15, 0.2) is 0 Å². The predicted molar refractivity (Wildman–Crippen MR) is 68.8 cm³/mol. The van der Waals surface area contributed by atoms with E-state index in [1.165, 1.54) is 6.07 Å². The summed E-state index contributed by atoms with van der Waals surface area (Å²) >= 11 is 0. The van der Waals surface area contributed by atoms with Crippen LogP contribution in [0.2, 0.25) is 0 Å². The van der Waals surface area contributed by atoms with Gasteiger partial charge >= 0.3 is 0 Å². The van der Waals surface area contributed by atoms with Crippen LogP contribution < -0.4 is 5.73 Å². The fourth-order valence-corrected chi connectivity index (χ4v) is 1.72. The molecule has 4 heteroatoms. The van der Waals surface area contributed by atoms with Gasteiger partial charge in [-0.2, -0.15) is 5.26 Å². The molecule has 90 valence electrons. The molecule has 0 saturated carbocycles. The van der Waals surface area contributed by atoms with E-state index in [-0.39, 0.29) is 5.75 Å². The van der Waals surface area contributed by atoms with Crippen molar-refractivity contribution < 1.29 is 5.11 Å². The highest BCUT2D eigenvalue weighted by molar-refractivity contribution is 5.68. The molecule has 1 heterocycles. The third-order valence-electron chi connectivity index (χ3n) is 2.66. The van der Waals surface area contributed by atoms with Crippen molar-refractivity contribution >= 4 is 0 Å². The largest absolute Gasteiger partial charge is 0.507 e. The lowest BCUT2D eigenvalue weighted by Gasteiger charge is -2.05. The lowest BCUT2D eigenvalue weighted by Crippen LogP contribution is -2.02. The molecule has 0 fully saturated rings. The SMILES string of the molecule is N#Cc1ccc(-c2ccc(CCN)cn2)c(O)c1. The maximum absolute atomic E-state index is 9.84. The summed E-state index contributed by atoms with van der Waals surface area (Å²) in [6.07, 6.45) is 2.53. The highest BCUT2D eigenvalue weighted by Gasteiger charge is 2.06. The molecule has 1 aromatic carbocycles. The van der Waals surface area contributed by atoms with Crippen molar-refractivity contribution in [2.45, 2.75) is 6.42 Å². The minimum Gasteiger partial charge on any atom is -0.507 e. The first-order valence-electron chi connectivity index (χ1n) is 5.63. The van der Waals surface area contributed by atoms with Gasteiger partial charge in [-0.1, -0.05) is 6.07 Å². The number of hydrogen-bond donors (Lipinski definition) is 2. The van der Waals surface area contributed by atoms with Gasteiger partial charge in [-0.25, -0.2) is 0 Å². The number of hydrogen-bond acceptors (Lipinski definition) is 4. The van der Waals surface area contributed by atoms with E-state index in [2.05, 4.69) is 4.98 Å². The van der Waals surface area contributed by atoms with Gasteiger partial charge in [0.2, 0.25) is 0 Å². The number of nitrogens with two attached hydrogens (primary N) is 1. The Hall–Kier alpha value is -2.38. The Balaban J connectivity index is 2.34. The van der Waals surface area contributed by atoms with E-state index in [1.54, 1.807) is 18.3 Å². The Bertz CT molecular complexity index is 585. The summed E-state index contributed by atoms with van der Waals surface area (Å²) in [6, 6.07) is 10.5. The maximum atomic E-state index is 9.84. The first-order chi connectivity index (χ1) is 8.74. The minimum atomic E-state index is 0.0631. The quantitative estimate of drug-likeness (QED) is 0.855. The summed E-state index contributed by atoms with van der Waals surface area (Å²) in [5, 5.41) is 18.6. The molecule has 0 aliphatic heterocycles. The van der Waals surface area contributed by atoms with E-state index < -0.39 is 0 Å². The van der Waals surface area contributed by atoms with Gasteiger partial charge in [-0.05, 0) is 42.8 Å². The third kappa shape index (κ3) is 2.47. The second kappa shape index (κ2) is 5.30. The molecule has 0 saturated heterocycles. The number of aromatic hydroxyl groups is 1. The lowest BCUT2D eigenvalue weighted by molar-refractivity contribution is 0.477. The van der Waals surface area contributed by atoms with Crippen LogP contribution in [0.3, 0.4) is 0 Å². The van der Waals surface area contributed by atoms with E-state index in [4.69, 9.17) is 11.0 Å². The zero-order chi connectivity index (χ0) is 13.0. The fourth-order valence-electron chi connectivity index (χ4n) is 1.72. The van der Waals surface area contributed by atoms with Crippen molar-refractivity contribution in [3.63, 3.8) is 0 Å². The molecule has 0 spiro atoms. The summed E-state index contributed by atoms with van der Waals surface area (Å²) in [5.41, 5.74) is 8.26. The predicted octanol–water partition coefficient (Wildman–Crippen LogP) is 1.83. The average molecular weight is 239 g/mol. The average Bonchev–Trinajstić information content (AvgIpc) is 2.40. The Kier molecular flexibility index (Phi) is 3.56. The molecule has 4 nitrogen and oxygen atoms in total. The highest BCUT2D eigenvalue weighted by atomic mass is 16.3. The molecular formula is C14H13N3O. The molecule has 2 aromatic rings. The van der Waals surface area contributed by atoms with Gasteiger partial charge in [0, 0.05) is 11.8 Å². The van der Waals surface area contributed by atoms with E-state index in [0.717, 1.165) is 12.0 Å². The number of phenolic OH excluding ortho intramolecular Hbond substituents is 1. The van der Waals surface area contributed by atoms with Crippen LogP contribution in [0.25, 0.3) is 11.3 Å². The van der Waals surface area contributed by atoms with Crippen LogP contribution in [0.15, 0.2) is 36.5 Å². The summed E-state index contributed by atoms with van der Waals surface area (Å²) in [4.78, 5) is 4.29. The van der Waals surface area contributed by atoms with Crippen molar-refractivity contribution in [3.05, 3.63) is 47.7 Å². The molecule has 0 radical (unpaired) electrons. The second-order valence-electron chi connectivity index (χ2n) is 3.93. The Labute approximate surface area is 105 Å². The topological polar surface area (TPSA) is 82.9 Å². The number of nitrogens with zero attached hydrogens (tertiary/aromatic N) is 2. The lowest BCUT2D eigenvalue weighted by atomic mass is 10.1. The molecule has 0 aliphatic rings. The van der Waals surface area contributed by atoms with Gasteiger partial charge in [0.1, 0.15) is 5.75 Å². The maximum Gasteiger partial charge on any atom is 0.126 e. The number of rotatable bonds is 3. The van der Waals surface area contributed by atoms with Gasteiger partial charge in [-0.15, -0.1) is 0 Å². The zero-order valence-electron chi connectivity index (χ0n) is 9.80. The van der Waals surface area contributed by atoms with Crippen LogP contribution in [-0.4, -0.2) is 16.6 Å². The fraction of sp³-hybridized carbons (Fsp3) is 0.143. The van der Waals surface area contributed by atoms with Gasteiger partial charge < -0.3 is 10.8 Å². The smallest absolute Gasteiger partial charge is 0.126 e. The van der Waals surface area contributed by atoms with Crippen molar-refractivity contribution in [1.29, 1.82) is 5.26 Å². The Morgan fingerprint density at radius 3 is 2.67 bits per heavy atom. The normalized spacial score (nSPS) is 10.0. The van der Waals surface area contributed by atoms with Crippen LogP contribution in [0.4, 0.5) is 0 Å². The number of pyridine rings is 1. The molecule has 18 heavy (non-hydrogen) atoms. The first kappa shape index (κ1) is 12.1. The number of phenols is 1. The Morgan fingerprint density at radius 1 is 1.28 bits per heavy atom. The van der Waals surface area contributed by atoms with Gasteiger partial charge in [0.25, 0.3) is 0 Å². The van der Waals surface area contributed by atoms with Crippen LogP contribution in [0.5, 0.6) is 5.75 Å². The first-order valence-corrected chi connectivity index (χ1v) is 5.63. The molecule has 0 amide bonds. The van der Waals surface area contributed by atoms with E-state index in [1.807, 2.05) is 18.2 Å². The highest BCUT2D eigenvalue weighted by Crippen LogP contribution is 2.28. The standard InChI is InChI=1S/C14H13N3O/c15-6-5-10-2-4-13(17-9-10)12-3-1-11(8-16)7-14(12)18/h1-4,7,9,18H,5-6,15H2. The van der Waals surface area contributed by atoms with Crippen molar-refractivity contribution in [1.82, 2.24) is 4.98 Å². The molecule has 0 aliphatic carbocycles. The van der Waals surface area contributed by atoms with Crippen LogP contribution in [0, 0.1) is 11.3 Å². The van der Waals surface area contributed by atoms with E-state index in [0.29, 0.717) is 23.4 Å². The van der Waals surface area contributed by atoms with E-state index >= 15 is 0 Å². The summed E-state index contributed by atoms with van der Waals surface area (Å²) in [5.74, 6) is 0.0631. The summed E-state index contributed by atoms with van der Waals surface area (Å²) in [6.45, 7) is 0.586. The summed E-state index contributed by atoms with van der Waals surface area (Å²) < 4.78 is 0. The molecule has 2 rings (SSSR count). The molecular weight excluding hydrogens is 226 g/mol. The number of aromatic nitrogens is 1. The second-order valence-corrected chi connectivity index (χ2v) is 3.93. The molecule has 3 N–H and O–H groups in total. The number of benzene rings is 1. The van der Waals surface area contributed by atoms with Crippen LogP contribution >= 0.6 is 0 Å². The van der Waals surface area contributed by atoms with Crippen LogP contribution in [-0.2, 0) is 6.42 Å². The van der Waals surface area contributed by atoms with E-state index in [9.17, 15) is 5.11 Å². The van der Waals surface area contributed by atoms with Crippen molar-refractivity contribution in [3.8, 4) is 23.1 Å². The summed E-state index contributed by atoms with van der Waals surface area (Å²) in [7, 11) is 0. The Morgan fingerprint density at radius 2 is 2.11 bits per heavy atom. The monoisotopic (exact) mass is 239 g/mol. The molecule has 0 atom stereocenters.